The first kappa shape index (κ1) is 18.3. The van der Waals surface area contributed by atoms with Crippen molar-refractivity contribution >= 4 is 29.1 Å². The second-order valence-electron chi connectivity index (χ2n) is 6.00. The fourth-order valence-corrected chi connectivity index (χ4v) is 2.88. The van der Waals surface area contributed by atoms with Crippen LogP contribution in [-0.2, 0) is 4.79 Å². The lowest BCUT2D eigenvalue weighted by molar-refractivity contribution is -0.117. The van der Waals surface area contributed by atoms with E-state index in [2.05, 4.69) is 10.3 Å². The van der Waals surface area contributed by atoms with Crippen LogP contribution in [0.5, 0.6) is 0 Å². The highest BCUT2D eigenvalue weighted by Crippen LogP contribution is 2.12. The Labute approximate surface area is 155 Å². The van der Waals surface area contributed by atoms with Gasteiger partial charge in [-0.15, -0.1) is 0 Å². The number of halogens is 2. The van der Waals surface area contributed by atoms with Gasteiger partial charge in [0, 0.05) is 38.1 Å². The minimum atomic E-state index is -0.397. The maximum absolute atomic E-state index is 13.1. The van der Waals surface area contributed by atoms with E-state index in [4.69, 9.17) is 11.6 Å². The van der Waals surface area contributed by atoms with E-state index in [1.165, 1.54) is 18.3 Å². The summed E-state index contributed by atoms with van der Waals surface area (Å²) < 4.78 is 13.1. The first-order valence-corrected chi connectivity index (χ1v) is 8.58. The van der Waals surface area contributed by atoms with Gasteiger partial charge < -0.3 is 10.2 Å². The van der Waals surface area contributed by atoms with Crippen molar-refractivity contribution < 1.29 is 14.0 Å². The molecule has 0 bridgehead atoms. The van der Waals surface area contributed by atoms with E-state index in [0.717, 1.165) is 0 Å². The summed E-state index contributed by atoms with van der Waals surface area (Å²) >= 11 is 5.73. The molecule has 1 saturated heterocycles. The van der Waals surface area contributed by atoms with Crippen LogP contribution in [0.25, 0.3) is 0 Å². The number of nitrogens with one attached hydrogen (secondary N) is 1. The van der Waals surface area contributed by atoms with Gasteiger partial charge in [0.25, 0.3) is 5.91 Å². The standard InChI is InChI=1S/C18H18ClFN4O2/c19-16-5-4-13(11-21-16)18(26)24-8-6-23(7-9-24)12-17(25)22-15-3-1-2-14(20)10-15/h1-5,10-11H,6-9,12H2,(H,22,25). The number of carbonyl (C=O) groups is 2. The van der Waals surface area contributed by atoms with E-state index >= 15 is 0 Å². The van der Waals surface area contributed by atoms with Crippen molar-refractivity contribution in [1.82, 2.24) is 14.8 Å². The van der Waals surface area contributed by atoms with Crippen molar-refractivity contribution in [2.75, 3.05) is 38.0 Å². The molecule has 1 aliphatic rings. The number of hydrogen-bond donors (Lipinski definition) is 1. The first-order chi connectivity index (χ1) is 12.5. The number of aromatic nitrogens is 1. The lowest BCUT2D eigenvalue weighted by atomic mass is 10.2. The number of benzene rings is 1. The lowest BCUT2D eigenvalue weighted by Gasteiger charge is -2.34. The summed E-state index contributed by atoms with van der Waals surface area (Å²) in [5.41, 5.74) is 0.922. The van der Waals surface area contributed by atoms with Gasteiger partial charge in [0.15, 0.2) is 0 Å². The van der Waals surface area contributed by atoms with Gasteiger partial charge >= 0.3 is 0 Å². The Morgan fingerprint density at radius 1 is 1.15 bits per heavy atom. The van der Waals surface area contributed by atoms with Gasteiger partial charge in [-0.3, -0.25) is 14.5 Å². The maximum Gasteiger partial charge on any atom is 0.255 e. The van der Waals surface area contributed by atoms with Crippen LogP contribution in [-0.4, -0.2) is 59.3 Å². The first-order valence-electron chi connectivity index (χ1n) is 8.20. The fourth-order valence-electron chi connectivity index (χ4n) is 2.76. The Morgan fingerprint density at radius 3 is 2.58 bits per heavy atom. The van der Waals surface area contributed by atoms with Crippen LogP contribution in [0.15, 0.2) is 42.6 Å². The van der Waals surface area contributed by atoms with Gasteiger partial charge in [0.2, 0.25) is 5.91 Å². The molecule has 0 aliphatic carbocycles. The number of pyridine rings is 1. The molecule has 8 heteroatoms. The number of amides is 2. The van der Waals surface area contributed by atoms with Crippen LogP contribution >= 0.6 is 11.6 Å². The summed E-state index contributed by atoms with van der Waals surface area (Å²) in [6, 6.07) is 9.01. The summed E-state index contributed by atoms with van der Waals surface area (Å²) in [6.07, 6.45) is 1.46. The molecule has 6 nitrogen and oxygen atoms in total. The summed E-state index contributed by atoms with van der Waals surface area (Å²) in [6.45, 7) is 2.41. The number of rotatable bonds is 4. The minimum Gasteiger partial charge on any atom is -0.336 e. The van der Waals surface area contributed by atoms with Crippen LogP contribution < -0.4 is 5.32 Å². The predicted molar refractivity (Wildman–Crippen MR) is 96.6 cm³/mol. The van der Waals surface area contributed by atoms with Crippen molar-refractivity contribution in [3.05, 3.63) is 59.1 Å². The molecular weight excluding hydrogens is 359 g/mol. The zero-order valence-electron chi connectivity index (χ0n) is 14.0. The highest BCUT2D eigenvalue weighted by molar-refractivity contribution is 6.29. The Bertz CT molecular complexity index is 792. The van der Waals surface area contributed by atoms with E-state index in [-0.39, 0.29) is 18.4 Å². The van der Waals surface area contributed by atoms with E-state index in [1.54, 1.807) is 29.2 Å². The molecule has 3 rings (SSSR count). The van der Waals surface area contributed by atoms with Crippen molar-refractivity contribution in [3.63, 3.8) is 0 Å². The zero-order valence-corrected chi connectivity index (χ0v) is 14.7. The minimum absolute atomic E-state index is 0.0990. The largest absolute Gasteiger partial charge is 0.336 e. The maximum atomic E-state index is 13.1. The molecule has 2 amide bonds. The van der Waals surface area contributed by atoms with Crippen LogP contribution in [0.3, 0.4) is 0 Å². The lowest BCUT2D eigenvalue weighted by Crippen LogP contribution is -2.50. The predicted octanol–water partition coefficient (Wildman–Crippen LogP) is 2.27. The van der Waals surface area contributed by atoms with Crippen molar-refractivity contribution in [2.45, 2.75) is 0 Å². The highest BCUT2D eigenvalue weighted by atomic mass is 35.5. The van der Waals surface area contributed by atoms with Crippen molar-refractivity contribution in [3.8, 4) is 0 Å². The summed E-state index contributed by atoms with van der Waals surface area (Å²) in [7, 11) is 0. The smallest absolute Gasteiger partial charge is 0.255 e. The van der Waals surface area contributed by atoms with Gasteiger partial charge in [-0.2, -0.15) is 0 Å². The molecule has 1 aliphatic heterocycles. The summed E-state index contributed by atoms with van der Waals surface area (Å²) in [5, 5.41) is 3.02. The average molecular weight is 377 g/mol. The van der Waals surface area contributed by atoms with Gasteiger partial charge in [0.1, 0.15) is 11.0 Å². The molecule has 1 fully saturated rings. The third-order valence-corrected chi connectivity index (χ3v) is 4.33. The molecule has 0 atom stereocenters. The van der Waals surface area contributed by atoms with E-state index in [9.17, 15) is 14.0 Å². The second kappa shape index (κ2) is 8.25. The van der Waals surface area contributed by atoms with Gasteiger partial charge in [-0.1, -0.05) is 17.7 Å². The van der Waals surface area contributed by atoms with Crippen LogP contribution in [0.1, 0.15) is 10.4 Å². The number of hydrogen-bond acceptors (Lipinski definition) is 4. The van der Waals surface area contributed by atoms with Crippen molar-refractivity contribution in [1.29, 1.82) is 0 Å². The monoisotopic (exact) mass is 376 g/mol. The third-order valence-electron chi connectivity index (χ3n) is 4.11. The Kier molecular flexibility index (Phi) is 5.80. The number of nitrogens with zero attached hydrogens (tertiary/aromatic N) is 3. The molecule has 2 aromatic rings. The molecule has 0 unspecified atom stereocenters. The van der Waals surface area contributed by atoms with Gasteiger partial charge in [0.05, 0.1) is 12.1 Å². The third kappa shape index (κ3) is 4.77. The molecule has 1 N–H and O–H groups in total. The Balaban J connectivity index is 1.48. The number of piperazine rings is 1. The Morgan fingerprint density at radius 2 is 1.92 bits per heavy atom. The molecule has 26 heavy (non-hydrogen) atoms. The van der Waals surface area contributed by atoms with Gasteiger partial charge in [-0.05, 0) is 30.3 Å². The van der Waals surface area contributed by atoms with E-state index < -0.39 is 5.82 Å². The number of carbonyl (C=O) groups excluding carboxylic acids is 2. The quantitative estimate of drug-likeness (QED) is 0.831. The molecule has 1 aromatic carbocycles. The topological polar surface area (TPSA) is 65.5 Å². The highest BCUT2D eigenvalue weighted by Gasteiger charge is 2.23. The molecule has 0 saturated carbocycles. The van der Waals surface area contributed by atoms with Crippen LogP contribution in [0.2, 0.25) is 5.15 Å². The molecule has 0 spiro atoms. The SMILES string of the molecule is O=C(CN1CCN(C(=O)c2ccc(Cl)nc2)CC1)Nc1cccc(F)c1. The van der Waals surface area contributed by atoms with Crippen LogP contribution in [0, 0.1) is 5.82 Å². The normalized spacial score (nSPS) is 14.9. The molecule has 2 heterocycles. The van der Waals surface area contributed by atoms with Gasteiger partial charge in [-0.25, -0.2) is 9.37 Å². The summed E-state index contributed by atoms with van der Waals surface area (Å²) in [5.74, 6) is -0.707. The zero-order chi connectivity index (χ0) is 18.5. The average Bonchev–Trinajstić information content (AvgIpc) is 2.62. The Hall–Kier alpha value is -2.51. The van der Waals surface area contributed by atoms with Crippen molar-refractivity contribution in [2.24, 2.45) is 0 Å². The van der Waals surface area contributed by atoms with E-state index in [0.29, 0.717) is 42.6 Å². The number of anilines is 1. The van der Waals surface area contributed by atoms with Crippen LogP contribution in [0.4, 0.5) is 10.1 Å². The second-order valence-corrected chi connectivity index (χ2v) is 6.38. The molecule has 1 aromatic heterocycles. The molecular formula is C18H18ClFN4O2. The molecule has 0 radical (unpaired) electrons. The summed E-state index contributed by atoms with van der Waals surface area (Å²) in [4.78, 5) is 32.1. The fraction of sp³-hybridized carbons (Fsp3) is 0.278. The van der Waals surface area contributed by atoms with E-state index in [1.807, 2.05) is 4.90 Å². The molecule has 136 valence electrons.